The van der Waals surface area contributed by atoms with Gasteiger partial charge in [0.15, 0.2) is 11.5 Å². The molecule has 2 N–H and O–H groups in total. The summed E-state index contributed by atoms with van der Waals surface area (Å²) in [5.41, 5.74) is -0.435. The van der Waals surface area contributed by atoms with E-state index in [9.17, 15) is 10.2 Å². The molecule has 0 saturated carbocycles. The summed E-state index contributed by atoms with van der Waals surface area (Å²) in [6, 6.07) is 3.26. The number of phenols is 2. The molecule has 24 heavy (non-hydrogen) atoms. The van der Waals surface area contributed by atoms with Crippen LogP contribution in [0.3, 0.4) is 0 Å². The molecule has 1 aromatic carbocycles. The van der Waals surface area contributed by atoms with Crippen LogP contribution in [0.2, 0.25) is 0 Å². The number of thioether (sulfide) groups is 2. The van der Waals surface area contributed by atoms with Gasteiger partial charge < -0.3 is 19.7 Å². The quantitative estimate of drug-likeness (QED) is 0.564. The Hall–Kier alpha value is -1.40. The monoisotopic (exact) mass is 366 g/mol. The molecule has 6 heteroatoms. The minimum Gasteiger partial charge on any atom is -0.504 e. The van der Waals surface area contributed by atoms with Crippen LogP contribution in [0.5, 0.6) is 11.5 Å². The van der Waals surface area contributed by atoms with Crippen LogP contribution in [0.25, 0.3) is 0 Å². The minimum absolute atomic E-state index is 0.0949. The van der Waals surface area contributed by atoms with Crippen molar-refractivity contribution >= 4 is 23.5 Å². The third kappa shape index (κ3) is 3.98. The van der Waals surface area contributed by atoms with Gasteiger partial charge in [0.2, 0.25) is 0 Å². The molecule has 130 valence electrons. The van der Waals surface area contributed by atoms with Gasteiger partial charge in [0.05, 0.1) is 12.5 Å². The molecule has 0 radical (unpaired) electrons. The van der Waals surface area contributed by atoms with Gasteiger partial charge in [-0.1, -0.05) is 0 Å². The minimum atomic E-state index is -0.218. The predicted molar refractivity (Wildman–Crippen MR) is 97.7 cm³/mol. The highest BCUT2D eigenvalue weighted by Gasteiger charge is 2.30. The summed E-state index contributed by atoms with van der Waals surface area (Å²) in [7, 11) is 0. The van der Waals surface area contributed by atoms with Crippen molar-refractivity contribution in [2.75, 3.05) is 11.5 Å². The topological polar surface area (TPSA) is 58.9 Å². The van der Waals surface area contributed by atoms with Crippen LogP contribution in [0, 0.1) is 0 Å². The lowest BCUT2D eigenvalue weighted by molar-refractivity contribution is 0.0872. The third-order valence-electron chi connectivity index (χ3n) is 4.10. The molecule has 3 rings (SSSR count). The van der Waals surface area contributed by atoms with E-state index < -0.39 is 0 Å². The third-order valence-corrected chi connectivity index (χ3v) is 7.04. The van der Waals surface area contributed by atoms with E-state index in [0.717, 1.165) is 34.1 Å². The number of benzene rings is 1. The summed E-state index contributed by atoms with van der Waals surface area (Å²) in [6.07, 6.45) is 9.30. The normalized spacial score (nSPS) is 28.1. The van der Waals surface area contributed by atoms with Crippen LogP contribution in [-0.4, -0.2) is 32.9 Å². The van der Waals surface area contributed by atoms with Crippen molar-refractivity contribution in [1.82, 2.24) is 0 Å². The molecule has 2 heterocycles. The van der Waals surface area contributed by atoms with Gasteiger partial charge in [0.25, 0.3) is 0 Å². The maximum atomic E-state index is 9.86. The fourth-order valence-electron chi connectivity index (χ4n) is 2.53. The van der Waals surface area contributed by atoms with Crippen molar-refractivity contribution in [3.63, 3.8) is 0 Å². The van der Waals surface area contributed by atoms with Crippen LogP contribution >= 0.6 is 23.5 Å². The predicted octanol–water partition coefficient (Wildman–Crippen LogP) is 4.67. The molecule has 0 fully saturated rings. The summed E-state index contributed by atoms with van der Waals surface area (Å²) in [4.78, 5) is 1.89. The Balaban J connectivity index is 1.70. The van der Waals surface area contributed by atoms with E-state index in [2.05, 4.69) is 13.8 Å². The second-order valence-corrected chi connectivity index (χ2v) is 8.69. The molecule has 0 amide bonds. The first-order valence-corrected chi connectivity index (χ1v) is 9.84. The Labute approximate surface area is 150 Å². The molecule has 0 aliphatic carbocycles. The van der Waals surface area contributed by atoms with Gasteiger partial charge in [-0.05, 0) is 38.1 Å². The molecule has 0 spiro atoms. The first-order chi connectivity index (χ1) is 11.4. The van der Waals surface area contributed by atoms with Gasteiger partial charge in [-0.2, -0.15) is 0 Å². The zero-order valence-corrected chi connectivity index (χ0v) is 15.5. The Kier molecular flexibility index (Phi) is 4.97. The first kappa shape index (κ1) is 17.4. The zero-order valence-electron chi connectivity index (χ0n) is 13.8. The summed E-state index contributed by atoms with van der Waals surface area (Å²) >= 11 is 3.27. The average Bonchev–Trinajstić information content (AvgIpc) is 3.17. The number of phenolic OH excluding ortho intramolecular Hbond substituents is 2. The van der Waals surface area contributed by atoms with E-state index in [-0.39, 0.29) is 22.7 Å². The Morgan fingerprint density at radius 1 is 0.875 bits per heavy atom. The molecule has 0 aromatic heterocycles. The van der Waals surface area contributed by atoms with Crippen LogP contribution < -0.4 is 0 Å². The van der Waals surface area contributed by atoms with Crippen molar-refractivity contribution in [3.8, 4) is 11.5 Å². The van der Waals surface area contributed by atoms with Crippen molar-refractivity contribution in [2.24, 2.45) is 0 Å². The van der Waals surface area contributed by atoms with E-state index in [1.54, 1.807) is 48.2 Å². The highest BCUT2D eigenvalue weighted by Crippen LogP contribution is 2.42. The summed E-state index contributed by atoms with van der Waals surface area (Å²) in [5.74, 6) is 1.35. The standard InChI is InChI=1S/C18H22O4S2/c1-17(5-3-7-21-17)11-23-15-9-13(19)14(20)10-16(15)24-12-18(2)6-4-8-22-18/h3-4,7-10,19-20H,5-6,11-12H2,1-2H3. The molecular formula is C18H22O4S2. The van der Waals surface area contributed by atoms with Crippen LogP contribution in [0.15, 0.2) is 46.6 Å². The first-order valence-electron chi connectivity index (χ1n) is 7.86. The van der Waals surface area contributed by atoms with E-state index in [1.165, 1.54) is 0 Å². The number of aromatic hydroxyl groups is 2. The molecule has 4 nitrogen and oxygen atoms in total. The maximum Gasteiger partial charge on any atom is 0.158 e. The highest BCUT2D eigenvalue weighted by atomic mass is 32.2. The number of ether oxygens (including phenoxy) is 2. The SMILES string of the molecule is CC1(CSc2cc(O)c(O)cc2SCC2(C)CC=CO2)CC=CO1. The Bertz CT molecular complexity index is 596. The van der Waals surface area contributed by atoms with Gasteiger partial charge in [0, 0.05) is 34.1 Å². The molecule has 1 aromatic rings. The highest BCUT2D eigenvalue weighted by molar-refractivity contribution is 8.02. The zero-order chi connectivity index (χ0) is 17.2. The molecular weight excluding hydrogens is 344 g/mol. The lowest BCUT2D eigenvalue weighted by atomic mass is 10.1. The van der Waals surface area contributed by atoms with Crippen LogP contribution in [0.1, 0.15) is 26.7 Å². The molecule has 2 atom stereocenters. The van der Waals surface area contributed by atoms with Crippen LogP contribution in [0.4, 0.5) is 0 Å². The summed E-state index contributed by atoms with van der Waals surface area (Å²) in [6.45, 7) is 4.15. The number of rotatable bonds is 6. The Morgan fingerprint density at radius 3 is 1.62 bits per heavy atom. The smallest absolute Gasteiger partial charge is 0.158 e. The van der Waals surface area contributed by atoms with Crippen molar-refractivity contribution in [2.45, 2.75) is 47.7 Å². The van der Waals surface area contributed by atoms with E-state index in [0.29, 0.717) is 0 Å². The van der Waals surface area contributed by atoms with Crippen molar-refractivity contribution in [1.29, 1.82) is 0 Å². The lowest BCUT2D eigenvalue weighted by Gasteiger charge is -2.25. The van der Waals surface area contributed by atoms with Crippen molar-refractivity contribution < 1.29 is 19.7 Å². The second kappa shape index (κ2) is 6.84. The fourth-order valence-corrected chi connectivity index (χ4v) is 4.97. The van der Waals surface area contributed by atoms with Gasteiger partial charge in [0.1, 0.15) is 11.2 Å². The maximum absolute atomic E-state index is 9.86. The van der Waals surface area contributed by atoms with E-state index in [1.807, 2.05) is 12.2 Å². The fraction of sp³-hybridized carbons (Fsp3) is 0.444. The van der Waals surface area contributed by atoms with Crippen LogP contribution in [-0.2, 0) is 9.47 Å². The second-order valence-electron chi connectivity index (χ2n) is 6.65. The number of hydrogen-bond donors (Lipinski definition) is 2. The molecule has 2 aliphatic heterocycles. The molecule has 0 saturated heterocycles. The summed E-state index contributed by atoms with van der Waals surface area (Å²) < 4.78 is 11.3. The Morgan fingerprint density at radius 2 is 1.29 bits per heavy atom. The van der Waals surface area contributed by atoms with Crippen molar-refractivity contribution in [3.05, 3.63) is 36.8 Å². The lowest BCUT2D eigenvalue weighted by Crippen LogP contribution is -2.26. The van der Waals surface area contributed by atoms with Gasteiger partial charge in [-0.3, -0.25) is 0 Å². The van der Waals surface area contributed by atoms with Gasteiger partial charge in [-0.15, -0.1) is 23.5 Å². The van der Waals surface area contributed by atoms with E-state index in [4.69, 9.17) is 9.47 Å². The number of hydrogen-bond acceptors (Lipinski definition) is 6. The molecule has 2 unspecified atom stereocenters. The van der Waals surface area contributed by atoms with Gasteiger partial charge in [-0.25, -0.2) is 0 Å². The van der Waals surface area contributed by atoms with E-state index >= 15 is 0 Å². The van der Waals surface area contributed by atoms with Gasteiger partial charge >= 0.3 is 0 Å². The molecule has 0 bridgehead atoms. The summed E-state index contributed by atoms with van der Waals surface area (Å²) in [5, 5.41) is 19.7. The average molecular weight is 367 g/mol. The largest absolute Gasteiger partial charge is 0.504 e. The molecule has 2 aliphatic rings.